The highest BCUT2D eigenvalue weighted by atomic mass is 32.2. The Labute approximate surface area is 180 Å². The fourth-order valence-electron chi connectivity index (χ4n) is 2.49. The van der Waals surface area contributed by atoms with Crippen molar-refractivity contribution in [3.05, 3.63) is 41.6 Å². The van der Waals surface area contributed by atoms with Crippen LogP contribution in [-0.2, 0) is 23.9 Å². The van der Waals surface area contributed by atoms with E-state index < -0.39 is 29.0 Å². The van der Waals surface area contributed by atoms with Crippen LogP contribution in [0.3, 0.4) is 0 Å². The van der Waals surface area contributed by atoms with Crippen molar-refractivity contribution in [3.63, 3.8) is 0 Å². The summed E-state index contributed by atoms with van der Waals surface area (Å²) in [5.74, 6) is -1.63. The van der Waals surface area contributed by atoms with Crippen LogP contribution in [-0.4, -0.2) is 53.4 Å². The highest BCUT2D eigenvalue weighted by Gasteiger charge is 2.45. The van der Waals surface area contributed by atoms with Crippen LogP contribution in [0.15, 0.2) is 41.0 Å². The van der Waals surface area contributed by atoms with Gasteiger partial charge in [0.25, 0.3) is 5.91 Å². The van der Waals surface area contributed by atoms with Crippen LogP contribution in [0.5, 0.6) is 0 Å². The standard InChI is InChI=1S/C21H27N3O5S/c1-20(2,3)29-19(27)21(22,10-11-30-4)18(26)23-13-16-24-15(17(25)28-16)12-14-8-6-5-7-9-14/h5-9,12H,10-11,13,22H2,1-4H3,(H,23,26)/t21-/m1/s1. The Morgan fingerprint density at radius 1 is 1.27 bits per heavy atom. The Kier molecular flexibility index (Phi) is 7.80. The van der Waals surface area contributed by atoms with Gasteiger partial charge in [0.05, 0.1) is 6.54 Å². The lowest BCUT2D eigenvalue weighted by Crippen LogP contribution is -2.62. The van der Waals surface area contributed by atoms with Gasteiger partial charge in [0, 0.05) is 0 Å². The van der Waals surface area contributed by atoms with Crippen molar-refractivity contribution in [3.8, 4) is 0 Å². The summed E-state index contributed by atoms with van der Waals surface area (Å²) in [4.78, 5) is 41.5. The van der Waals surface area contributed by atoms with Crippen LogP contribution < -0.4 is 11.1 Å². The summed E-state index contributed by atoms with van der Waals surface area (Å²) in [5, 5.41) is 2.54. The molecule has 2 rings (SSSR count). The number of nitrogens with one attached hydrogen (secondary N) is 1. The second kappa shape index (κ2) is 9.90. The average Bonchev–Trinajstić information content (AvgIpc) is 3.02. The predicted molar refractivity (Wildman–Crippen MR) is 117 cm³/mol. The number of benzene rings is 1. The minimum absolute atomic E-state index is 0.0203. The smallest absolute Gasteiger partial charge is 0.363 e. The molecular formula is C21H27N3O5S. The summed E-state index contributed by atoms with van der Waals surface area (Å²) in [7, 11) is 0. The molecular weight excluding hydrogens is 406 g/mol. The number of hydrogen-bond donors (Lipinski definition) is 2. The van der Waals surface area contributed by atoms with Crippen molar-refractivity contribution in [1.29, 1.82) is 0 Å². The van der Waals surface area contributed by atoms with Crippen LogP contribution in [0.1, 0.15) is 32.8 Å². The number of carbonyl (C=O) groups is 3. The normalized spacial score (nSPS) is 17.2. The third-order valence-electron chi connectivity index (χ3n) is 4.04. The van der Waals surface area contributed by atoms with E-state index in [-0.39, 0.29) is 24.6 Å². The highest BCUT2D eigenvalue weighted by Crippen LogP contribution is 2.19. The lowest BCUT2D eigenvalue weighted by atomic mass is 9.96. The maximum atomic E-state index is 12.8. The molecule has 0 spiro atoms. The van der Waals surface area contributed by atoms with E-state index >= 15 is 0 Å². The number of nitrogens with zero attached hydrogens (tertiary/aromatic N) is 1. The number of thioether (sulfide) groups is 1. The van der Waals surface area contributed by atoms with Crippen LogP contribution >= 0.6 is 11.8 Å². The molecule has 1 heterocycles. The molecule has 0 saturated heterocycles. The average molecular weight is 434 g/mol. The Morgan fingerprint density at radius 2 is 1.93 bits per heavy atom. The molecule has 0 bridgehead atoms. The lowest BCUT2D eigenvalue weighted by Gasteiger charge is -2.30. The quantitative estimate of drug-likeness (QED) is 0.365. The van der Waals surface area contributed by atoms with Crippen molar-refractivity contribution in [2.24, 2.45) is 10.7 Å². The number of rotatable bonds is 8. The van der Waals surface area contributed by atoms with E-state index in [9.17, 15) is 14.4 Å². The van der Waals surface area contributed by atoms with Gasteiger partial charge in [-0.1, -0.05) is 30.3 Å². The van der Waals surface area contributed by atoms with Gasteiger partial charge in [0.2, 0.25) is 5.90 Å². The van der Waals surface area contributed by atoms with Gasteiger partial charge in [-0.3, -0.25) is 4.79 Å². The number of cyclic esters (lactones) is 1. The topological polar surface area (TPSA) is 120 Å². The number of esters is 2. The van der Waals surface area contributed by atoms with E-state index in [4.69, 9.17) is 15.2 Å². The first-order valence-electron chi connectivity index (χ1n) is 9.41. The molecule has 3 N–H and O–H groups in total. The first kappa shape index (κ1) is 23.6. The maximum absolute atomic E-state index is 12.8. The summed E-state index contributed by atoms with van der Waals surface area (Å²) in [5.41, 5.74) is 4.43. The fraction of sp³-hybridized carbons (Fsp3) is 0.429. The van der Waals surface area contributed by atoms with E-state index in [1.807, 2.05) is 36.6 Å². The summed E-state index contributed by atoms with van der Waals surface area (Å²) < 4.78 is 10.4. The van der Waals surface area contributed by atoms with Gasteiger partial charge in [-0.2, -0.15) is 11.8 Å². The van der Waals surface area contributed by atoms with Gasteiger partial charge >= 0.3 is 11.9 Å². The van der Waals surface area contributed by atoms with Gasteiger partial charge < -0.3 is 20.5 Å². The zero-order valence-electron chi connectivity index (χ0n) is 17.6. The molecule has 0 aromatic heterocycles. The predicted octanol–water partition coefficient (Wildman–Crippen LogP) is 1.89. The summed E-state index contributed by atoms with van der Waals surface area (Å²) in [6.45, 7) is 4.92. The maximum Gasteiger partial charge on any atom is 0.363 e. The first-order valence-corrected chi connectivity index (χ1v) is 10.8. The van der Waals surface area contributed by atoms with Gasteiger partial charge in [-0.25, -0.2) is 14.6 Å². The fourth-order valence-corrected chi connectivity index (χ4v) is 3.02. The Hall–Kier alpha value is -2.65. The van der Waals surface area contributed by atoms with Crippen LogP contribution in [0, 0.1) is 0 Å². The van der Waals surface area contributed by atoms with Gasteiger partial charge in [0.15, 0.2) is 11.2 Å². The minimum atomic E-state index is -1.86. The molecule has 0 unspecified atom stereocenters. The van der Waals surface area contributed by atoms with E-state index in [0.717, 1.165) is 5.56 Å². The molecule has 9 heteroatoms. The summed E-state index contributed by atoms with van der Waals surface area (Å²) in [6, 6.07) is 9.18. The van der Waals surface area contributed by atoms with Crippen LogP contribution in [0.2, 0.25) is 0 Å². The van der Waals surface area contributed by atoms with E-state index in [0.29, 0.717) is 5.75 Å². The van der Waals surface area contributed by atoms with Gasteiger partial charge in [0.1, 0.15) is 5.60 Å². The molecule has 1 atom stereocenters. The number of hydrogen-bond acceptors (Lipinski definition) is 8. The molecule has 0 fully saturated rings. The highest BCUT2D eigenvalue weighted by molar-refractivity contribution is 7.98. The number of amides is 1. The zero-order chi connectivity index (χ0) is 22.4. The molecule has 0 radical (unpaired) electrons. The van der Waals surface area contributed by atoms with Crippen molar-refractivity contribution in [2.75, 3.05) is 18.6 Å². The van der Waals surface area contributed by atoms with E-state index in [1.54, 1.807) is 26.8 Å². The first-order chi connectivity index (χ1) is 14.0. The molecule has 1 aromatic rings. The van der Waals surface area contributed by atoms with Crippen LogP contribution in [0.4, 0.5) is 0 Å². The van der Waals surface area contributed by atoms with Crippen molar-refractivity contribution in [2.45, 2.75) is 38.3 Å². The Morgan fingerprint density at radius 3 is 2.53 bits per heavy atom. The number of ether oxygens (including phenoxy) is 2. The van der Waals surface area contributed by atoms with Crippen molar-refractivity contribution in [1.82, 2.24) is 5.32 Å². The summed E-state index contributed by atoms with van der Waals surface area (Å²) >= 11 is 1.46. The monoisotopic (exact) mass is 433 g/mol. The van der Waals surface area contributed by atoms with Crippen molar-refractivity contribution < 1.29 is 23.9 Å². The molecule has 8 nitrogen and oxygen atoms in total. The van der Waals surface area contributed by atoms with Crippen LogP contribution in [0.25, 0.3) is 6.08 Å². The Bertz CT molecular complexity index is 861. The third-order valence-corrected chi connectivity index (χ3v) is 4.65. The van der Waals surface area contributed by atoms with Crippen molar-refractivity contribution >= 4 is 41.6 Å². The number of carbonyl (C=O) groups excluding carboxylic acids is 3. The largest absolute Gasteiger partial charge is 0.458 e. The van der Waals surface area contributed by atoms with E-state index in [1.165, 1.54) is 11.8 Å². The number of nitrogens with two attached hydrogens (primary N) is 1. The molecule has 1 aliphatic heterocycles. The van der Waals surface area contributed by atoms with Gasteiger partial charge in [-0.05, 0) is 50.8 Å². The number of aliphatic imine (C=N–C) groups is 1. The van der Waals surface area contributed by atoms with E-state index in [2.05, 4.69) is 10.3 Å². The summed E-state index contributed by atoms with van der Waals surface area (Å²) in [6.07, 6.45) is 3.53. The molecule has 30 heavy (non-hydrogen) atoms. The second-order valence-corrected chi connectivity index (χ2v) is 8.72. The zero-order valence-corrected chi connectivity index (χ0v) is 18.4. The molecule has 0 saturated carbocycles. The SMILES string of the molecule is CSCC[C@@](N)(C(=O)NCC1=NC(=Cc2ccccc2)C(=O)O1)C(=O)OC(C)(C)C. The molecule has 1 aliphatic rings. The third kappa shape index (κ3) is 6.43. The molecule has 1 amide bonds. The lowest BCUT2D eigenvalue weighted by molar-refractivity contribution is -0.164. The molecule has 162 valence electrons. The molecule has 0 aliphatic carbocycles. The Balaban J connectivity index is 2.09. The second-order valence-electron chi connectivity index (χ2n) is 7.73. The molecule has 1 aromatic carbocycles. The minimum Gasteiger partial charge on any atom is -0.458 e. The van der Waals surface area contributed by atoms with Gasteiger partial charge in [-0.15, -0.1) is 0 Å².